The minimum Gasteiger partial charge on any atom is -0.289 e. The number of Topliss-reactive ketones (excluding diaryl/α,β-unsaturated/α-hetero) is 1. The fraction of sp³-hybridized carbons (Fsp3) is 0.192. The maximum absolute atomic E-state index is 13.4. The number of rotatable bonds is 8. The summed E-state index contributed by atoms with van der Waals surface area (Å²) < 4.78 is 42.5. The second-order valence-corrected chi connectivity index (χ2v) is 9.40. The van der Waals surface area contributed by atoms with Crippen molar-refractivity contribution < 1.29 is 17.6 Å². The molecule has 3 rings (SSSR count). The van der Waals surface area contributed by atoms with Gasteiger partial charge in [-0.1, -0.05) is 60.5 Å². The lowest BCUT2D eigenvalue weighted by molar-refractivity contribution is 0.102. The number of nitrogens with one attached hydrogen (secondary N) is 1. The van der Waals surface area contributed by atoms with Gasteiger partial charge in [0.2, 0.25) is 10.0 Å². The lowest BCUT2D eigenvalue weighted by Gasteiger charge is -2.22. The molecule has 4 nitrogen and oxygen atoms in total. The molecule has 6 heteroatoms. The van der Waals surface area contributed by atoms with Gasteiger partial charge in [-0.2, -0.15) is 4.72 Å². The molecule has 3 aromatic carbocycles. The second-order valence-electron chi connectivity index (χ2n) is 7.68. The molecule has 3 aromatic rings. The molecule has 0 radical (unpaired) electrons. The Kier molecular flexibility index (Phi) is 7.38. The molecular weight excluding hydrogens is 425 g/mol. The molecular formula is C26H26FNO3S. The van der Waals surface area contributed by atoms with Crippen molar-refractivity contribution in [3.8, 4) is 0 Å². The third-order valence-electron chi connectivity index (χ3n) is 5.12. The molecule has 32 heavy (non-hydrogen) atoms. The van der Waals surface area contributed by atoms with E-state index in [4.69, 9.17) is 0 Å². The fourth-order valence-electron chi connectivity index (χ4n) is 3.34. The standard InChI is InChI=1S/C26H26FNO3S/c1-4-5-24(26(29)21-12-14-22(27)15-13-21)25(20-10-6-18(2)7-11-20)28-32(30,31)23-16-8-19(3)9-17-23/h5-17,25,28H,4H2,1-3H3/b24-5-. The summed E-state index contributed by atoms with van der Waals surface area (Å²) in [5, 5.41) is 0. The predicted octanol–water partition coefficient (Wildman–Crippen LogP) is 5.68. The fourth-order valence-corrected chi connectivity index (χ4v) is 4.54. The van der Waals surface area contributed by atoms with Crippen LogP contribution in [-0.4, -0.2) is 14.2 Å². The molecule has 0 fully saturated rings. The molecule has 0 aromatic heterocycles. The summed E-state index contributed by atoms with van der Waals surface area (Å²) in [5.74, 6) is -0.804. The minimum atomic E-state index is -3.92. The number of allylic oxidation sites excluding steroid dienone is 1. The number of carbonyl (C=O) groups is 1. The van der Waals surface area contributed by atoms with Crippen molar-refractivity contribution in [1.29, 1.82) is 0 Å². The van der Waals surface area contributed by atoms with Crippen LogP contribution in [0.1, 0.15) is 46.4 Å². The van der Waals surface area contributed by atoms with Crippen LogP contribution in [0.2, 0.25) is 0 Å². The molecule has 1 N–H and O–H groups in total. The van der Waals surface area contributed by atoms with Gasteiger partial charge in [-0.05, 0) is 62.2 Å². The van der Waals surface area contributed by atoms with Gasteiger partial charge in [0.15, 0.2) is 5.78 Å². The summed E-state index contributed by atoms with van der Waals surface area (Å²) in [6, 6.07) is 18.2. The number of hydrogen-bond acceptors (Lipinski definition) is 3. The number of sulfonamides is 1. The van der Waals surface area contributed by atoms with Gasteiger partial charge in [0.25, 0.3) is 0 Å². The highest BCUT2D eigenvalue weighted by Gasteiger charge is 2.28. The number of aryl methyl sites for hydroxylation is 2. The van der Waals surface area contributed by atoms with E-state index in [2.05, 4.69) is 4.72 Å². The molecule has 0 bridgehead atoms. The predicted molar refractivity (Wildman–Crippen MR) is 125 cm³/mol. The molecule has 0 aliphatic carbocycles. The first-order valence-corrected chi connectivity index (χ1v) is 11.9. The molecule has 0 saturated carbocycles. The highest BCUT2D eigenvalue weighted by atomic mass is 32.2. The summed E-state index contributed by atoms with van der Waals surface area (Å²) >= 11 is 0. The van der Waals surface area contributed by atoms with E-state index in [1.165, 1.54) is 36.4 Å². The van der Waals surface area contributed by atoms with Crippen molar-refractivity contribution in [2.45, 2.75) is 38.1 Å². The molecule has 0 amide bonds. The third kappa shape index (κ3) is 5.58. The maximum atomic E-state index is 13.4. The van der Waals surface area contributed by atoms with E-state index in [0.717, 1.165) is 11.1 Å². The average Bonchev–Trinajstić information content (AvgIpc) is 2.77. The Morgan fingerprint density at radius 3 is 1.97 bits per heavy atom. The number of halogens is 1. The van der Waals surface area contributed by atoms with E-state index in [0.29, 0.717) is 17.6 Å². The molecule has 0 aliphatic rings. The lowest BCUT2D eigenvalue weighted by atomic mass is 9.91. The van der Waals surface area contributed by atoms with Crippen molar-refractivity contribution in [3.05, 3.63) is 113 Å². The quantitative estimate of drug-likeness (QED) is 0.354. The number of ketones is 1. The summed E-state index contributed by atoms with van der Waals surface area (Å²) in [6.07, 6.45) is 2.24. The first-order chi connectivity index (χ1) is 15.2. The normalized spacial score (nSPS) is 13.1. The van der Waals surface area contributed by atoms with Crippen LogP contribution in [-0.2, 0) is 10.0 Å². The summed E-state index contributed by atoms with van der Waals surface area (Å²) in [5.41, 5.74) is 3.18. The van der Waals surface area contributed by atoms with Gasteiger partial charge in [-0.3, -0.25) is 4.79 Å². The summed E-state index contributed by atoms with van der Waals surface area (Å²) in [4.78, 5) is 13.5. The molecule has 0 saturated heterocycles. The Morgan fingerprint density at radius 1 is 0.906 bits per heavy atom. The van der Waals surface area contributed by atoms with Crippen LogP contribution in [0.3, 0.4) is 0 Å². The highest BCUT2D eigenvalue weighted by Crippen LogP contribution is 2.28. The van der Waals surface area contributed by atoms with Crippen molar-refractivity contribution >= 4 is 15.8 Å². The highest BCUT2D eigenvalue weighted by molar-refractivity contribution is 7.89. The number of benzene rings is 3. The molecule has 1 atom stereocenters. The largest absolute Gasteiger partial charge is 0.289 e. The zero-order chi connectivity index (χ0) is 23.3. The van der Waals surface area contributed by atoms with E-state index in [1.54, 1.807) is 30.3 Å². The van der Waals surface area contributed by atoms with Crippen LogP contribution in [0.5, 0.6) is 0 Å². The zero-order valence-corrected chi connectivity index (χ0v) is 19.1. The van der Waals surface area contributed by atoms with Crippen LogP contribution >= 0.6 is 0 Å². The Morgan fingerprint density at radius 2 is 1.44 bits per heavy atom. The Balaban J connectivity index is 2.08. The average molecular weight is 452 g/mol. The first-order valence-electron chi connectivity index (χ1n) is 10.4. The molecule has 0 aliphatic heterocycles. The van der Waals surface area contributed by atoms with Crippen LogP contribution in [0.25, 0.3) is 0 Å². The van der Waals surface area contributed by atoms with Gasteiger partial charge in [0, 0.05) is 11.1 Å². The smallest absolute Gasteiger partial charge is 0.241 e. The van der Waals surface area contributed by atoms with Gasteiger partial charge in [-0.25, -0.2) is 12.8 Å². The van der Waals surface area contributed by atoms with Gasteiger partial charge in [-0.15, -0.1) is 0 Å². The first kappa shape index (κ1) is 23.6. The summed E-state index contributed by atoms with van der Waals surface area (Å²) in [6.45, 7) is 5.68. The van der Waals surface area contributed by atoms with Crippen molar-refractivity contribution in [2.24, 2.45) is 0 Å². The van der Waals surface area contributed by atoms with Crippen molar-refractivity contribution in [1.82, 2.24) is 4.72 Å². The summed E-state index contributed by atoms with van der Waals surface area (Å²) in [7, 11) is -3.92. The Bertz CT molecular complexity index is 1210. The van der Waals surface area contributed by atoms with Gasteiger partial charge in [0.1, 0.15) is 5.82 Å². The Labute approximate surface area is 188 Å². The Hall–Kier alpha value is -3.09. The lowest BCUT2D eigenvalue weighted by Crippen LogP contribution is -2.32. The van der Waals surface area contributed by atoms with Crippen LogP contribution in [0.4, 0.5) is 4.39 Å². The van der Waals surface area contributed by atoms with E-state index in [-0.39, 0.29) is 16.2 Å². The number of hydrogen-bond donors (Lipinski definition) is 1. The van der Waals surface area contributed by atoms with Crippen molar-refractivity contribution in [2.75, 3.05) is 0 Å². The van der Waals surface area contributed by atoms with Crippen molar-refractivity contribution in [3.63, 3.8) is 0 Å². The van der Waals surface area contributed by atoms with Gasteiger partial charge < -0.3 is 0 Å². The van der Waals surface area contributed by atoms with Crippen LogP contribution in [0, 0.1) is 19.7 Å². The van der Waals surface area contributed by atoms with E-state index < -0.39 is 21.9 Å². The monoisotopic (exact) mass is 451 g/mol. The van der Waals surface area contributed by atoms with E-state index in [1.807, 2.05) is 32.9 Å². The zero-order valence-electron chi connectivity index (χ0n) is 18.3. The van der Waals surface area contributed by atoms with E-state index >= 15 is 0 Å². The SMILES string of the molecule is CC/C=C(\C(=O)c1ccc(F)cc1)C(NS(=O)(=O)c1ccc(C)cc1)c1ccc(C)cc1. The number of carbonyl (C=O) groups excluding carboxylic acids is 1. The molecule has 0 heterocycles. The third-order valence-corrected chi connectivity index (χ3v) is 6.56. The minimum absolute atomic E-state index is 0.116. The van der Waals surface area contributed by atoms with Gasteiger partial charge in [0.05, 0.1) is 10.9 Å². The molecule has 166 valence electrons. The molecule has 1 unspecified atom stereocenters. The maximum Gasteiger partial charge on any atom is 0.241 e. The van der Waals surface area contributed by atoms with Gasteiger partial charge >= 0.3 is 0 Å². The second kappa shape index (κ2) is 10.0. The van der Waals surface area contributed by atoms with E-state index in [9.17, 15) is 17.6 Å². The molecule has 0 spiro atoms. The van der Waals surface area contributed by atoms with Crippen LogP contribution in [0.15, 0.2) is 89.3 Å². The topological polar surface area (TPSA) is 63.2 Å². The van der Waals surface area contributed by atoms with Crippen LogP contribution < -0.4 is 4.72 Å².